The molecule has 116 valence electrons. The first-order chi connectivity index (χ1) is 11.1. The average Bonchev–Trinajstić information content (AvgIpc) is 3.02. The topological polar surface area (TPSA) is 93.8 Å². The number of nitrogens with zero attached hydrogens (tertiary/aromatic N) is 4. The van der Waals surface area contributed by atoms with Crippen molar-refractivity contribution in [2.24, 2.45) is 0 Å². The van der Waals surface area contributed by atoms with E-state index in [4.69, 9.17) is 0 Å². The molecule has 0 aliphatic carbocycles. The fourth-order valence-corrected chi connectivity index (χ4v) is 2.88. The van der Waals surface area contributed by atoms with Gasteiger partial charge < -0.3 is 5.32 Å². The molecule has 8 heteroatoms. The quantitative estimate of drug-likeness (QED) is 0.570. The van der Waals surface area contributed by atoms with E-state index in [1.54, 1.807) is 19.2 Å². The molecular formula is C15H13N5O2S. The zero-order chi connectivity index (χ0) is 16.2. The molecule has 0 fully saturated rings. The number of anilines is 1. The molecule has 7 nitrogen and oxygen atoms in total. The van der Waals surface area contributed by atoms with Crippen LogP contribution < -0.4 is 5.32 Å². The Labute approximate surface area is 136 Å². The molecule has 3 rings (SSSR count). The first-order valence-corrected chi connectivity index (χ1v) is 7.68. The van der Waals surface area contributed by atoms with Gasteiger partial charge in [0.2, 0.25) is 5.82 Å². The summed E-state index contributed by atoms with van der Waals surface area (Å²) in [5.74, 6) is 0.242. The first kappa shape index (κ1) is 15.0. The van der Waals surface area contributed by atoms with Gasteiger partial charge in [-0.05, 0) is 13.0 Å². The second kappa shape index (κ2) is 6.49. The Bertz CT molecular complexity index is 835. The second-order valence-corrected chi connectivity index (χ2v) is 5.86. The normalized spacial score (nSPS) is 10.5. The summed E-state index contributed by atoms with van der Waals surface area (Å²) in [4.78, 5) is 14.8. The molecule has 23 heavy (non-hydrogen) atoms. The predicted molar refractivity (Wildman–Crippen MR) is 88.3 cm³/mol. The van der Waals surface area contributed by atoms with Gasteiger partial charge in [0.1, 0.15) is 10.0 Å². The number of pyridine rings is 1. The summed E-state index contributed by atoms with van der Waals surface area (Å²) in [6, 6.07) is 11.4. The number of hydrogen-bond donors (Lipinski definition) is 1. The van der Waals surface area contributed by atoms with E-state index in [1.807, 2.05) is 30.3 Å². The number of nitro groups is 1. The van der Waals surface area contributed by atoms with Gasteiger partial charge in [0.05, 0.1) is 11.5 Å². The van der Waals surface area contributed by atoms with Gasteiger partial charge >= 0.3 is 5.69 Å². The van der Waals surface area contributed by atoms with Crippen LogP contribution in [-0.2, 0) is 6.54 Å². The van der Waals surface area contributed by atoms with Crippen LogP contribution in [0.1, 0.15) is 10.6 Å². The van der Waals surface area contributed by atoms with Crippen LogP contribution in [0.3, 0.4) is 0 Å². The lowest BCUT2D eigenvalue weighted by atomic mass is 10.2. The number of hydrogen-bond acceptors (Lipinski definition) is 7. The molecule has 1 aromatic carbocycles. The van der Waals surface area contributed by atoms with Gasteiger partial charge in [0, 0.05) is 17.3 Å². The van der Waals surface area contributed by atoms with E-state index in [2.05, 4.69) is 20.5 Å². The lowest BCUT2D eigenvalue weighted by molar-refractivity contribution is -0.384. The van der Waals surface area contributed by atoms with E-state index >= 15 is 0 Å². The molecule has 0 unspecified atom stereocenters. The van der Waals surface area contributed by atoms with Crippen LogP contribution in [0.15, 0.2) is 42.6 Å². The Hall–Kier alpha value is -2.87. The van der Waals surface area contributed by atoms with Gasteiger partial charge in [0.15, 0.2) is 0 Å². The zero-order valence-electron chi connectivity index (χ0n) is 12.3. The van der Waals surface area contributed by atoms with E-state index in [0.717, 1.165) is 15.6 Å². The highest BCUT2D eigenvalue weighted by Gasteiger charge is 2.18. The molecule has 1 N–H and O–H groups in total. The van der Waals surface area contributed by atoms with Gasteiger partial charge in [-0.25, -0.2) is 4.98 Å². The Morgan fingerprint density at radius 3 is 2.74 bits per heavy atom. The Morgan fingerprint density at radius 1 is 1.22 bits per heavy atom. The third kappa shape index (κ3) is 3.32. The Morgan fingerprint density at radius 2 is 2.00 bits per heavy atom. The fraction of sp³-hybridized carbons (Fsp3) is 0.133. The Balaban J connectivity index is 1.76. The van der Waals surface area contributed by atoms with Crippen molar-refractivity contribution in [2.45, 2.75) is 13.5 Å². The van der Waals surface area contributed by atoms with Crippen LogP contribution in [-0.4, -0.2) is 20.1 Å². The van der Waals surface area contributed by atoms with Crippen molar-refractivity contribution in [3.63, 3.8) is 0 Å². The summed E-state index contributed by atoms with van der Waals surface area (Å²) in [5.41, 5.74) is 1.55. The van der Waals surface area contributed by atoms with Gasteiger partial charge in [-0.1, -0.05) is 41.7 Å². The van der Waals surface area contributed by atoms with Crippen molar-refractivity contribution < 1.29 is 4.92 Å². The van der Waals surface area contributed by atoms with Crippen molar-refractivity contribution in [3.05, 3.63) is 63.3 Å². The van der Waals surface area contributed by atoms with Crippen molar-refractivity contribution in [1.29, 1.82) is 0 Å². The molecule has 2 heterocycles. The van der Waals surface area contributed by atoms with Gasteiger partial charge in [-0.15, -0.1) is 10.2 Å². The third-order valence-corrected chi connectivity index (χ3v) is 4.18. The average molecular weight is 327 g/mol. The number of aromatic nitrogens is 3. The van der Waals surface area contributed by atoms with Crippen molar-refractivity contribution in [3.8, 4) is 10.6 Å². The summed E-state index contributed by atoms with van der Waals surface area (Å²) >= 11 is 1.44. The molecule has 2 aromatic heterocycles. The lowest BCUT2D eigenvalue weighted by Gasteiger charge is -2.05. The monoisotopic (exact) mass is 327 g/mol. The summed E-state index contributed by atoms with van der Waals surface area (Å²) < 4.78 is 0. The highest BCUT2D eigenvalue weighted by atomic mass is 32.1. The van der Waals surface area contributed by atoms with Crippen LogP contribution in [0.25, 0.3) is 10.6 Å². The molecule has 0 amide bonds. The molecule has 0 saturated heterocycles. The molecule has 0 atom stereocenters. The molecule has 0 aliphatic heterocycles. The molecule has 3 aromatic rings. The largest absolute Gasteiger partial charge is 0.358 e. The zero-order valence-corrected chi connectivity index (χ0v) is 13.1. The van der Waals surface area contributed by atoms with Crippen LogP contribution in [0, 0.1) is 17.0 Å². The van der Waals surface area contributed by atoms with E-state index in [1.165, 1.54) is 11.3 Å². The van der Waals surface area contributed by atoms with Crippen molar-refractivity contribution in [2.75, 3.05) is 5.32 Å². The van der Waals surface area contributed by atoms with E-state index in [9.17, 15) is 10.1 Å². The SMILES string of the molecule is Cc1ccnc(NCc2nnc(-c3ccccc3)s2)c1[N+](=O)[O-]. The maximum atomic E-state index is 11.1. The molecule has 0 saturated carbocycles. The first-order valence-electron chi connectivity index (χ1n) is 6.87. The molecule has 0 bridgehead atoms. The van der Waals surface area contributed by atoms with Crippen molar-refractivity contribution in [1.82, 2.24) is 15.2 Å². The maximum Gasteiger partial charge on any atom is 0.314 e. The minimum Gasteiger partial charge on any atom is -0.358 e. The predicted octanol–water partition coefficient (Wildman–Crippen LogP) is 3.43. The minimum atomic E-state index is -0.430. The highest BCUT2D eigenvalue weighted by Crippen LogP contribution is 2.27. The third-order valence-electron chi connectivity index (χ3n) is 3.20. The maximum absolute atomic E-state index is 11.1. The number of aryl methyl sites for hydroxylation is 1. The summed E-state index contributed by atoms with van der Waals surface area (Å²) in [7, 11) is 0. The second-order valence-electron chi connectivity index (χ2n) is 4.80. The van der Waals surface area contributed by atoms with Crippen LogP contribution >= 0.6 is 11.3 Å². The van der Waals surface area contributed by atoms with Gasteiger partial charge in [0.25, 0.3) is 0 Å². The number of nitrogens with one attached hydrogen (secondary N) is 1. The molecule has 0 aliphatic rings. The van der Waals surface area contributed by atoms with Crippen LogP contribution in [0.4, 0.5) is 11.5 Å². The molecule has 0 radical (unpaired) electrons. The van der Waals surface area contributed by atoms with Gasteiger partial charge in [-0.3, -0.25) is 10.1 Å². The summed E-state index contributed by atoms with van der Waals surface area (Å²) in [6.07, 6.45) is 1.54. The van der Waals surface area contributed by atoms with E-state index < -0.39 is 4.92 Å². The molecule has 0 spiro atoms. The van der Waals surface area contributed by atoms with E-state index in [-0.39, 0.29) is 11.5 Å². The van der Waals surface area contributed by atoms with Crippen LogP contribution in [0.5, 0.6) is 0 Å². The summed E-state index contributed by atoms with van der Waals surface area (Å²) in [6.45, 7) is 2.02. The van der Waals surface area contributed by atoms with Crippen LogP contribution in [0.2, 0.25) is 0 Å². The lowest BCUT2D eigenvalue weighted by Crippen LogP contribution is -2.05. The highest BCUT2D eigenvalue weighted by molar-refractivity contribution is 7.14. The smallest absolute Gasteiger partial charge is 0.314 e. The van der Waals surface area contributed by atoms with Crippen molar-refractivity contribution >= 4 is 22.8 Å². The summed E-state index contributed by atoms with van der Waals surface area (Å²) in [5, 5.41) is 23.9. The number of rotatable bonds is 5. The minimum absolute atomic E-state index is 0.0136. The standard InChI is InChI=1S/C15H13N5O2S/c1-10-7-8-16-14(13(10)20(21)22)17-9-12-18-19-15(23-12)11-5-3-2-4-6-11/h2-8H,9H2,1H3,(H,16,17). The Kier molecular flexibility index (Phi) is 4.24. The fourth-order valence-electron chi connectivity index (χ4n) is 2.09. The molecular weight excluding hydrogens is 314 g/mol. The van der Waals surface area contributed by atoms with Gasteiger partial charge in [-0.2, -0.15) is 0 Å². The number of benzene rings is 1. The van der Waals surface area contributed by atoms with E-state index in [0.29, 0.717) is 12.1 Å².